The number of piperidine rings is 2. The highest BCUT2D eigenvalue weighted by Gasteiger charge is 2.46. The predicted octanol–water partition coefficient (Wildman–Crippen LogP) is 3.86. The van der Waals surface area contributed by atoms with Crippen LogP contribution in [0, 0.1) is 12.5 Å². The minimum Gasteiger partial charge on any atom is -0.387 e. The van der Waals surface area contributed by atoms with Crippen molar-refractivity contribution in [2.75, 3.05) is 61.4 Å². The normalized spacial score (nSPS) is 19.7. The van der Waals surface area contributed by atoms with Crippen LogP contribution in [0.1, 0.15) is 52.8 Å². The number of carbonyl (C=O) groups excluding carboxylic acids is 5. The van der Waals surface area contributed by atoms with E-state index in [1.165, 1.54) is 17.5 Å². The first-order chi connectivity index (χ1) is 28.2. The van der Waals surface area contributed by atoms with Gasteiger partial charge in [-0.25, -0.2) is 9.36 Å². The number of nitrogens with zero attached hydrogens (tertiary/aromatic N) is 10. The first-order valence-electron chi connectivity index (χ1n) is 19.2. The van der Waals surface area contributed by atoms with Crippen molar-refractivity contribution in [2.24, 2.45) is 5.92 Å². The van der Waals surface area contributed by atoms with E-state index in [0.717, 1.165) is 56.0 Å². The van der Waals surface area contributed by atoms with E-state index in [0.29, 0.717) is 57.1 Å². The molecule has 17 nitrogen and oxygen atoms in total. The minimum atomic E-state index is -1.03. The van der Waals surface area contributed by atoms with E-state index in [1.54, 1.807) is 28.9 Å². The Labute approximate surface area is 336 Å². The lowest BCUT2D eigenvalue weighted by Crippen LogP contribution is -2.54. The second-order valence-corrected chi connectivity index (χ2v) is 15.8. The summed E-state index contributed by atoms with van der Waals surface area (Å²) >= 11 is 1.47. The van der Waals surface area contributed by atoms with Crippen molar-refractivity contribution in [2.45, 2.75) is 38.1 Å². The summed E-state index contributed by atoms with van der Waals surface area (Å²) in [5.74, 6) is -1.97. The molecule has 18 heteroatoms. The SMILES string of the molecule is [C-]#[N+]c1cnn2c(-c3cc(NC)c(-c4nnc(N5CCN(C(=O)C[C@@H]6CCCN(c7cccc8c7C(=O)N(C7CCC(=O)NC7=O)C8=O)C6)CC5)s4)cn3)ccc2c1. The number of hydrogen-bond acceptors (Lipinski definition) is 13. The molecule has 58 heavy (non-hydrogen) atoms. The lowest BCUT2D eigenvalue weighted by molar-refractivity contribution is -0.136. The Morgan fingerprint density at radius 2 is 1.81 bits per heavy atom. The fraction of sp³-hybridized carbons (Fsp3) is 0.350. The average Bonchev–Trinajstić information content (AvgIpc) is 3.97. The van der Waals surface area contributed by atoms with Gasteiger partial charge in [0.05, 0.1) is 52.1 Å². The van der Waals surface area contributed by atoms with Gasteiger partial charge in [0, 0.05) is 71.0 Å². The van der Waals surface area contributed by atoms with E-state index < -0.39 is 29.7 Å². The molecule has 3 saturated heterocycles. The zero-order chi connectivity index (χ0) is 40.1. The van der Waals surface area contributed by atoms with E-state index in [1.807, 2.05) is 36.2 Å². The molecule has 2 atom stereocenters. The van der Waals surface area contributed by atoms with Crippen molar-refractivity contribution in [3.05, 3.63) is 77.4 Å². The molecule has 9 rings (SSSR count). The van der Waals surface area contributed by atoms with Gasteiger partial charge in [-0.15, -0.1) is 10.2 Å². The summed E-state index contributed by atoms with van der Waals surface area (Å²) in [5.41, 5.74) is 5.61. The fourth-order valence-corrected chi connectivity index (χ4v) is 9.32. The van der Waals surface area contributed by atoms with Crippen LogP contribution in [0.5, 0.6) is 0 Å². The Bertz CT molecular complexity index is 2550. The summed E-state index contributed by atoms with van der Waals surface area (Å²) in [6, 6.07) is 11.7. The molecule has 294 valence electrons. The van der Waals surface area contributed by atoms with Crippen LogP contribution in [0.3, 0.4) is 0 Å². The molecule has 4 aliphatic heterocycles. The minimum absolute atomic E-state index is 0.0582. The molecule has 1 aromatic carbocycles. The number of hydrogen-bond donors (Lipinski definition) is 2. The van der Waals surface area contributed by atoms with Crippen LogP contribution in [0.2, 0.25) is 0 Å². The monoisotopic (exact) mass is 798 g/mol. The number of rotatable bonds is 8. The fourth-order valence-electron chi connectivity index (χ4n) is 8.40. The van der Waals surface area contributed by atoms with Crippen LogP contribution in [-0.4, -0.2) is 116 Å². The van der Waals surface area contributed by atoms with E-state index in [-0.39, 0.29) is 35.8 Å². The molecule has 2 N–H and O–H groups in total. The lowest BCUT2D eigenvalue weighted by Gasteiger charge is -2.38. The van der Waals surface area contributed by atoms with E-state index in [2.05, 4.69) is 40.6 Å². The molecule has 8 heterocycles. The van der Waals surface area contributed by atoms with Crippen molar-refractivity contribution in [1.82, 2.24) is 39.9 Å². The second-order valence-electron chi connectivity index (χ2n) is 14.8. The molecular weight excluding hydrogens is 761 g/mol. The number of pyridine rings is 1. The van der Waals surface area contributed by atoms with Crippen molar-refractivity contribution >= 4 is 68.6 Å². The van der Waals surface area contributed by atoms with Gasteiger partial charge in [-0.05, 0) is 61.6 Å². The van der Waals surface area contributed by atoms with Gasteiger partial charge in [0.25, 0.3) is 11.8 Å². The molecule has 0 spiro atoms. The van der Waals surface area contributed by atoms with Crippen molar-refractivity contribution < 1.29 is 24.0 Å². The molecule has 0 radical (unpaired) electrons. The van der Waals surface area contributed by atoms with E-state index in [9.17, 15) is 24.0 Å². The van der Waals surface area contributed by atoms with Crippen LogP contribution in [0.25, 0.3) is 32.3 Å². The summed E-state index contributed by atoms with van der Waals surface area (Å²) in [5, 5.41) is 20.4. The number of aromatic nitrogens is 5. The number of amides is 5. The molecule has 3 fully saturated rings. The third-order valence-corrected chi connectivity index (χ3v) is 12.4. The molecule has 4 aromatic heterocycles. The summed E-state index contributed by atoms with van der Waals surface area (Å²) in [6.07, 6.45) is 5.54. The topological polar surface area (TPSA) is 183 Å². The second kappa shape index (κ2) is 15.0. The summed E-state index contributed by atoms with van der Waals surface area (Å²) < 4.78 is 1.76. The Morgan fingerprint density at radius 3 is 2.60 bits per heavy atom. The van der Waals surface area contributed by atoms with Gasteiger partial charge in [0.1, 0.15) is 6.04 Å². The number of fused-ring (bicyclic) bond motifs is 2. The van der Waals surface area contributed by atoms with Crippen LogP contribution in [-0.2, 0) is 14.4 Å². The predicted molar refractivity (Wildman–Crippen MR) is 215 cm³/mol. The van der Waals surface area contributed by atoms with Gasteiger partial charge < -0.3 is 20.0 Å². The Balaban J connectivity index is 0.819. The maximum atomic E-state index is 13.7. The maximum Gasteiger partial charge on any atom is 0.264 e. The smallest absolute Gasteiger partial charge is 0.264 e. The van der Waals surface area contributed by atoms with Gasteiger partial charge >= 0.3 is 0 Å². The maximum absolute atomic E-state index is 13.7. The molecule has 5 amide bonds. The molecule has 0 aliphatic carbocycles. The Kier molecular flexibility index (Phi) is 9.52. The van der Waals surface area contributed by atoms with Gasteiger partial charge in [-0.1, -0.05) is 17.4 Å². The molecule has 0 bridgehead atoms. The third-order valence-electron chi connectivity index (χ3n) is 11.4. The third kappa shape index (κ3) is 6.56. The molecule has 4 aliphatic rings. The van der Waals surface area contributed by atoms with Crippen LogP contribution in [0.4, 0.5) is 22.2 Å². The average molecular weight is 799 g/mol. The standard InChI is InChI=1S/C40H38N12O5S/c1-41-24-18-25-8-9-30(52(25)44-20-24)29-19-28(42-2)27(21-43-29)37-46-47-40(58-37)49-15-13-48(14-16-49)34(54)17-23-5-4-12-50(22-23)31-7-3-6-26-35(31)39(57)51(38(26)56)32-10-11-33(53)45-36(32)55/h3,6-9,18-21,23,32H,4-5,10-17,22H2,2H3,(H,42,43)(H,45,53,55)/t23-,32?/m0/s1. The van der Waals surface area contributed by atoms with E-state index in [4.69, 9.17) is 11.6 Å². The largest absolute Gasteiger partial charge is 0.387 e. The summed E-state index contributed by atoms with van der Waals surface area (Å²) in [4.78, 5) is 80.4. The number of anilines is 3. The number of carbonyl (C=O) groups is 5. The van der Waals surface area contributed by atoms with Gasteiger partial charge in [0.2, 0.25) is 28.5 Å². The first kappa shape index (κ1) is 36.9. The quantitative estimate of drug-likeness (QED) is 0.171. The zero-order valence-electron chi connectivity index (χ0n) is 31.6. The molecule has 0 saturated carbocycles. The molecule has 5 aromatic rings. The van der Waals surface area contributed by atoms with Gasteiger partial charge in [-0.2, -0.15) is 5.10 Å². The number of nitrogens with one attached hydrogen (secondary N) is 2. The highest BCUT2D eigenvalue weighted by Crippen LogP contribution is 2.38. The summed E-state index contributed by atoms with van der Waals surface area (Å²) in [6.45, 7) is 10.8. The van der Waals surface area contributed by atoms with Gasteiger partial charge in [-0.3, -0.25) is 39.2 Å². The van der Waals surface area contributed by atoms with Crippen LogP contribution < -0.4 is 20.4 Å². The molecular formula is C40H38N12O5S. The lowest BCUT2D eigenvalue weighted by atomic mass is 9.93. The van der Waals surface area contributed by atoms with Crippen LogP contribution >= 0.6 is 11.3 Å². The molecule has 1 unspecified atom stereocenters. The number of piperazine rings is 1. The number of benzene rings is 1. The number of imide groups is 2. The first-order valence-corrected chi connectivity index (χ1v) is 20.0. The van der Waals surface area contributed by atoms with Crippen LogP contribution in [0.15, 0.2) is 54.9 Å². The van der Waals surface area contributed by atoms with E-state index >= 15 is 0 Å². The summed E-state index contributed by atoms with van der Waals surface area (Å²) in [7, 11) is 1.85. The van der Waals surface area contributed by atoms with Crippen molar-refractivity contribution in [3.63, 3.8) is 0 Å². The van der Waals surface area contributed by atoms with Crippen molar-refractivity contribution in [1.29, 1.82) is 0 Å². The Hall–Kier alpha value is -6.74. The highest BCUT2D eigenvalue weighted by molar-refractivity contribution is 7.18. The zero-order valence-corrected chi connectivity index (χ0v) is 32.4. The van der Waals surface area contributed by atoms with Gasteiger partial charge in [0.15, 0.2) is 5.01 Å². The highest BCUT2D eigenvalue weighted by atomic mass is 32.1. The Morgan fingerprint density at radius 1 is 0.966 bits per heavy atom. The van der Waals surface area contributed by atoms with Crippen molar-refractivity contribution in [3.8, 4) is 22.0 Å².